The maximum atomic E-state index is 5.73. The van der Waals surface area contributed by atoms with Crippen LogP contribution in [0.4, 0.5) is 0 Å². The van der Waals surface area contributed by atoms with Crippen LogP contribution in [0.2, 0.25) is 0 Å². The largest absolute Gasteiger partial charge is 0.463 e. The molecule has 2 N–H and O–H groups in total. The number of thiophene rings is 1. The lowest BCUT2D eigenvalue weighted by atomic mass is 10.1. The summed E-state index contributed by atoms with van der Waals surface area (Å²) in [6, 6.07) is 7.92. The Morgan fingerprint density at radius 2 is 2.39 bits per heavy atom. The molecule has 1 aliphatic heterocycles. The van der Waals surface area contributed by atoms with E-state index in [9.17, 15) is 0 Å². The molecule has 1 aliphatic rings. The number of rotatable bonds is 2. The number of hydrazone groups is 1. The van der Waals surface area contributed by atoms with Gasteiger partial charge in [0.1, 0.15) is 11.5 Å². The Kier molecular flexibility index (Phi) is 2.89. The third-order valence-electron chi connectivity index (χ3n) is 2.81. The standard InChI is InChI=1S/C12H11N3OS2/c13-12(17)15-9(11-4-2-6-18-11)7-8(14-15)10-3-1-5-16-10/h1-6,9H,7H2,(H2,13,17)/t9-/m0/s1. The molecule has 0 radical (unpaired) electrons. The van der Waals surface area contributed by atoms with Crippen molar-refractivity contribution in [2.45, 2.75) is 12.5 Å². The SMILES string of the molecule is NC(=S)N1N=C(c2ccco2)C[C@H]1c1cccs1. The van der Waals surface area contributed by atoms with Gasteiger partial charge in [-0.3, -0.25) is 0 Å². The minimum absolute atomic E-state index is 0.0857. The quantitative estimate of drug-likeness (QED) is 0.858. The number of nitrogens with zero attached hydrogens (tertiary/aromatic N) is 2. The van der Waals surface area contributed by atoms with E-state index in [1.165, 1.54) is 4.88 Å². The zero-order valence-electron chi connectivity index (χ0n) is 9.45. The summed E-state index contributed by atoms with van der Waals surface area (Å²) >= 11 is 6.74. The molecule has 18 heavy (non-hydrogen) atoms. The molecule has 0 unspecified atom stereocenters. The van der Waals surface area contributed by atoms with Crippen LogP contribution in [-0.2, 0) is 0 Å². The van der Waals surface area contributed by atoms with Crippen LogP contribution in [0.5, 0.6) is 0 Å². The summed E-state index contributed by atoms with van der Waals surface area (Å²) in [5.74, 6) is 0.773. The van der Waals surface area contributed by atoms with Crippen LogP contribution in [0.1, 0.15) is 23.1 Å². The number of nitrogens with two attached hydrogens (primary N) is 1. The molecule has 92 valence electrons. The van der Waals surface area contributed by atoms with Gasteiger partial charge >= 0.3 is 0 Å². The Labute approximate surface area is 114 Å². The van der Waals surface area contributed by atoms with Gasteiger partial charge in [0.05, 0.1) is 12.3 Å². The molecule has 0 saturated carbocycles. The molecule has 3 heterocycles. The van der Waals surface area contributed by atoms with E-state index in [4.69, 9.17) is 22.4 Å². The smallest absolute Gasteiger partial charge is 0.187 e. The molecule has 0 bridgehead atoms. The van der Waals surface area contributed by atoms with Gasteiger partial charge in [-0.05, 0) is 35.8 Å². The molecule has 2 aromatic rings. The molecule has 0 aromatic carbocycles. The first kappa shape index (κ1) is 11.4. The van der Waals surface area contributed by atoms with Crippen molar-refractivity contribution in [3.63, 3.8) is 0 Å². The van der Waals surface area contributed by atoms with E-state index < -0.39 is 0 Å². The van der Waals surface area contributed by atoms with Crippen molar-refractivity contribution >= 4 is 34.4 Å². The van der Waals surface area contributed by atoms with Crippen molar-refractivity contribution in [2.75, 3.05) is 0 Å². The molecule has 6 heteroatoms. The number of hydrogen-bond acceptors (Lipinski definition) is 4. The van der Waals surface area contributed by atoms with Crippen molar-refractivity contribution in [3.8, 4) is 0 Å². The fourth-order valence-corrected chi connectivity index (χ4v) is 2.99. The van der Waals surface area contributed by atoms with Gasteiger partial charge in [0.2, 0.25) is 0 Å². The molecule has 0 spiro atoms. The van der Waals surface area contributed by atoms with Crippen LogP contribution in [0.3, 0.4) is 0 Å². The highest BCUT2D eigenvalue weighted by Gasteiger charge is 2.31. The molecule has 3 rings (SSSR count). The van der Waals surface area contributed by atoms with E-state index in [-0.39, 0.29) is 11.2 Å². The third kappa shape index (κ3) is 1.93. The predicted molar refractivity (Wildman–Crippen MR) is 75.5 cm³/mol. The van der Waals surface area contributed by atoms with Gasteiger partial charge in [-0.15, -0.1) is 11.3 Å². The summed E-state index contributed by atoms with van der Waals surface area (Å²) in [6.07, 6.45) is 2.40. The topological polar surface area (TPSA) is 54.8 Å². The van der Waals surface area contributed by atoms with Crippen molar-refractivity contribution < 1.29 is 4.42 Å². The Morgan fingerprint density at radius 1 is 1.50 bits per heavy atom. The maximum absolute atomic E-state index is 5.73. The molecule has 0 amide bonds. The first-order valence-electron chi connectivity index (χ1n) is 5.49. The summed E-state index contributed by atoms with van der Waals surface area (Å²) in [5.41, 5.74) is 6.61. The summed E-state index contributed by atoms with van der Waals surface area (Å²) < 4.78 is 5.37. The van der Waals surface area contributed by atoms with Crippen molar-refractivity contribution in [3.05, 3.63) is 46.5 Å². The molecule has 4 nitrogen and oxygen atoms in total. The zero-order valence-corrected chi connectivity index (χ0v) is 11.1. The van der Waals surface area contributed by atoms with E-state index in [2.05, 4.69) is 11.2 Å². The highest BCUT2D eigenvalue weighted by atomic mass is 32.1. The summed E-state index contributed by atoms with van der Waals surface area (Å²) in [4.78, 5) is 1.20. The second-order valence-corrected chi connectivity index (χ2v) is 5.34. The van der Waals surface area contributed by atoms with E-state index in [0.29, 0.717) is 0 Å². The molecule has 0 fully saturated rings. The Balaban J connectivity index is 1.93. The van der Waals surface area contributed by atoms with E-state index in [1.54, 1.807) is 22.6 Å². The second kappa shape index (κ2) is 4.55. The van der Waals surface area contributed by atoms with Crippen molar-refractivity contribution in [1.82, 2.24) is 5.01 Å². The summed E-state index contributed by atoms with van der Waals surface area (Å²) in [5, 5.41) is 8.48. The molecule has 0 aliphatic carbocycles. The molecular weight excluding hydrogens is 266 g/mol. The monoisotopic (exact) mass is 277 g/mol. The van der Waals surface area contributed by atoms with Gasteiger partial charge in [0.15, 0.2) is 5.11 Å². The van der Waals surface area contributed by atoms with Crippen LogP contribution >= 0.6 is 23.6 Å². The van der Waals surface area contributed by atoms with Crippen LogP contribution < -0.4 is 5.73 Å². The maximum Gasteiger partial charge on any atom is 0.187 e. The lowest BCUT2D eigenvalue weighted by Crippen LogP contribution is -2.31. The van der Waals surface area contributed by atoms with Crippen LogP contribution in [-0.4, -0.2) is 15.8 Å². The average Bonchev–Trinajstić information content (AvgIpc) is 3.10. The normalized spacial score (nSPS) is 19.0. The molecule has 1 atom stereocenters. The van der Waals surface area contributed by atoms with Crippen LogP contribution in [0, 0.1) is 0 Å². The predicted octanol–water partition coefficient (Wildman–Crippen LogP) is 2.74. The van der Waals surface area contributed by atoms with Gasteiger partial charge in [-0.1, -0.05) is 6.07 Å². The lowest BCUT2D eigenvalue weighted by Gasteiger charge is -2.20. The Morgan fingerprint density at radius 3 is 3.00 bits per heavy atom. The van der Waals surface area contributed by atoms with Gasteiger partial charge < -0.3 is 10.2 Å². The van der Waals surface area contributed by atoms with E-state index in [1.807, 2.05) is 23.6 Å². The Hall–Kier alpha value is -1.66. The van der Waals surface area contributed by atoms with Crippen molar-refractivity contribution in [2.24, 2.45) is 10.8 Å². The van der Waals surface area contributed by atoms with Crippen molar-refractivity contribution in [1.29, 1.82) is 0 Å². The minimum atomic E-state index is 0.0857. The molecule has 0 saturated heterocycles. The van der Waals surface area contributed by atoms with Crippen LogP contribution in [0.15, 0.2) is 45.4 Å². The fraction of sp³-hybridized carbons (Fsp3) is 0.167. The van der Waals surface area contributed by atoms with Gasteiger partial charge in [0, 0.05) is 11.3 Å². The zero-order chi connectivity index (χ0) is 12.5. The first-order chi connectivity index (χ1) is 8.75. The molecule has 2 aromatic heterocycles. The van der Waals surface area contributed by atoms with Gasteiger partial charge in [-0.25, -0.2) is 5.01 Å². The van der Waals surface area contributed by atoms with Gasteiger partial charge in [-0.2, -0.15) is 5.10 Å². The number of furan rings is 1. The Bertz CT molecular complexity index is 575. The second-order valence-electron chi connectivity index (χ2n) is 3.94. The molecular formula is C12H11N3OS2. The summed E-state index contributed by atoms with van der Waals surface area (Å²) in [6.45, 7) is 0. The van der Waals surface area contributed by atoms with Crippen LogP contribution in [0.25, 0.3) is 0 Å². The first-order valence-corrected chi connectivity index (χ1v) is 6.78. The number of hydrogen-bond donors (Lipinski definition) is 1. The third-order valence-corrected chi connectivity index (χ3v) is 3.97. The number of thiocarbonyl (C=S) groups is 1. The highest BCUT2D eigenvalue weighted by Crippen LogP contribution is 2.34. The minimum Gasteiger partial charge on any atom is -0.463 e. The van der Waals surface area contributed by atoms with Gasteiger partial charge in [0.25, 0.3) is 0 Å². The van der Waals surface area contributed by atoms with E-state index in [0.717, 1.165) is 17.9 Å². The lowest BCUT2D eigenvalue weighted by molar-refractivity contribution is 0.378. The van der Waals surface area contributed by atoms with E-state index >= 15 is 0 Å². The average molecular weight is 277 g/mol. The summed E-state index contributed by atoms with van der Waals surface area (Å²) in [7, 11) is 0. The highest BCUT2D eigenvalue weighted by molar-refractivity contribution is 7.80. The fourth-order valence-electron chi connectivity index (χ4n) is 2.01.